The van der Waals surface area contributed by atoms with Crippen molar-refractivity contribution >= 4 is 5.91 Å². The number of carbonyl (C=O) groups excluding carboxylic acids is 1. The third-order valence-electron chi connectivity index (χ3n) is 5.09. The Balaban J connectivity index is 1.90. The molecule has 6 heteroatoms. The van der Waals surface area contributed by atoms with Crippen LogP contribution in [0, 0.1) is 0 Å². The first kappa shape index (κ1) is 19.9. The van der Waals surface area contributed by atoms with Gasteiger partial charge in [-0.05, 0) is 53.9 Å². The molecule has 0 radical (unpaired) electrons. The highest BCUT2D eigenvalue weighted by atomic mass is 16.5. The third-order valence-corrected chi connectivity index (χ3v) is 5.09. The number of ether oxygens (including phenoxy) is 4. The highest BCUT2D eigenvalue weighted by Gasteiger charge is 2.32. The summed E-state index contributed by atoms with van der Waals surface area (Å²) >= 11 is 0. The molecule has 0 saturated heterocycles. The molecule has 2 aromatic rings. The lowest BCUT2D eigenvalue weighted by Crippen LogP contribution is -2.42. The van der Waals surface area contributed by atoms with Gasteiger partial charge in [-0.2, -0.15) is 0 Å². The van der Waals surface area contributed by atoms with Crippen LogP contribution < -0.4 is 18.9 Å². The van der Waals surface area contributed by atoms with Gasteiger partial charge in [-0.3, -0.25) is 4.79 Å². The largest absolute Gasteiger partial charge is 0.497 e. The summed E-state index contributed by atoms with van der Waals surface area (Å²) in [6, 6.07) is 11.2. The summed E-state index contributed by atoms with van der Waals surface area (Å²) in [5, 5.41) is 0. The fraction of sp³-hybridized carbons (Fsp3) is 0.409. The van der Waals surface area contributed by atoms with E-state index in [9.17, 15) is 4.79 Å². The Bertz CT molecular complexity index is 818. The Morgan fingerprint density at radius 2 is 1.64 bits per heavy atom. The zero-order valence-corrected chi connectivity index (χ0v) is 16.9. The summed E-state index contributed by atoms with van der Waals surface area (Å²) in [6.07, 6.45) is 1.24. The number of benzene rings is 2. The number of nitrogens with zero attached hydrogens (tertiary/aromatic N) is 1. The Kier molecular flexibility index (Phi) is 6.29. The van der Waals surface area contributed by atoms with Crippen LogP contribution in [0.1, 0.15) is 30.5 Å². The van der Waals surface area contributed by atoms with Crippen LogP contribution in [-0.4, -0.2) is 45.3 Å². The van der Waals surface area contributed by atoms with Gasteiger partial charge >= 0.3 is 0 Å². The van der Waals surface area contributed by atoms with E-state index in [1.807, 2.05) is 48.2 Å². The van der Waals surface area contributed by atoms with Crippen molar-refractivity contribution in [1.29, 1.82) is 0 Å². The fourth-order valence-electron chi connectivity index (χ4n) is 3.56. The molecule has 1 atom stereocenters. The molecule has 0 unspecified atom stereocenters. The van der Waals surface area contributed by atoms with E-state index in [1.54, 1.807) is 21.3 Å². The van der Waals surface area contributed by atoms with Gasteiger partial charge in [0.1, 0.15) is 18.1 Å². The third kappa shape index (κ3) is 4.01. The smallest absolute Gasteiger partial charge is 0.222 e. The highest BCUT2D eigenvalue weighted by Crippen LogP contribution is 2.38. The molecular formula is C22H27NO5. The standard InChI is InChI=1S/C22H27NO5/c1-5-22(24)23-11-10-15-12-20(26-3)21(27-4)13-18(15)19(23)14-28-17-8-6-16(25-2)7-9-17/h6-9,12-13,19H,5,10-11,14H2,1-4H3/t19-/m0/s1. The minimum atomic E-state index is -0.182. The molecule has 1 aliphatic heterocycles. The van der Waals surface area contributed by atoms with Crippen molar-refractivity contribution in [2.75, 3.05) is 34.5 Å². The summed E-state index contributed by atoms with van der Waals surface area (Å²) in [7, 11) is 4.87. The van der Waals surface area contributed by atoms with Gasteiger partial charge < -0.3 is 23.8 Å². The maximum atomic E-state index is 12.6. The van der Waals surface area contributed by atoms with E-state index in [-0.39, 0.29) is 11.9 Å². The van der Waals surface area contributed by atoms with Gasteiger partial charge in [0.05, 0.1) is 27.4 Å². The van der Waals surface area contributed by atoms with E-state index >= 15 is 0 Å². The van der Waals surface area contributed by atoms with Crippen molar-refractivity contribution in [2.45, 2.75) is 25.8 Å². The van der Waals surface area contributed by atoms with Crippen LogP contribution >= 0.6 is 0 Å². The van der Waals surface area contributed by atoms with E-state index in [2.05, 4.69) is 0 Å². The maximum Gasteiger partial charge on any atom is 0.222 e. The molecule has 28 heavy (non-hydrogen) atoms. The van der Waals surface area contributed by atoms with E-state index < -0.39 is 0 Å². The van der Waals surface area contributed by atoms with Crippen molar-refractivity contribution in [2.24, 2.45) is 0 Å². The second-order valence-corrected chi connectivity index (χ2v) is 6.60. The lowest BCUT2D eigenvalue weighted by atomic mass is 9.92. The number of hydrogen-bond donors (Lipinski definition) is 0. The molecule has 1 amide bonds. The van der Waals surface area contributed by atoms with Crippen molar-refractivity contribution in [1.82, 2.24) is 4.90 Å². The Labute approximate surface area is 166 Å². The molecule has 2 aromatic carbocycles. The average Bonchev–Trinajstić information content (AvgIpc) is 2.75. The highest BCUT2D eigenvalue weighted by molar-refractivity contribution is 5.77. The molecule has 0 bridgehead atoms. The normalized spacial score (nSPS) is 15.6. The predicted octanol–water partition coefficient (Wildman–Crippen LogP) is 3.63. The lowest BCUT2D eigenvalue weighted by molar-refractivity contribution is -0.134. The molecular weight excluding hydrogens is 358 g/mol. The molecule has 0 fully saturated rings. The molecule has 0 saturated carbocycles. The minimum absolute atomic E-state index is 0.115. The van der Waals surface area contributed by atoms with Gasteiger partial charge in [-0.1, -0.05) is 6.92 Å². The van der Waals surface area contributed by atoms with Crippen molar-refractivity contribution in [3.05, 3.63) is 47.5 Å². The van der Waals surface area contributed by atoms with Crippen molar-refractivity contribution < 1.29 is 23.7 Å². The number of methoxy groups -OCH3 is 3. The number of fused-ring (bicyclic) bond motifs is 1. The van der Waals surface area contributed by atoms with Gasteiger partial charge in [0.2, 0.25) is 5.91 Å². The Morgan fingerprint density at radius 1 is 1.00 bits per heavy atom. The van der Waals surface area contributed by atoms with Crippen molar-refractivity contribution in [3.8, 4) is 23.0 Å². The van der Waals surface area contributed by atoms with Crippen LogP contribution in [0.2, 0.25) is 0 Å². The molecule has 1 heterocycles. The zero-order valence-electron chi connectivity index (χ0n) is 16.9. The Hall–Kier alpha value is -2.89. The second kappa shape index (κ2) is 8.87. The molecule has 150 valence electrons. The van der Waals surface area contributed by atoms with Gasteiger partial charge in [-0.25, -0.2) is 0 Å². The monoisotopic (exact) mass is 385 g/mol. The van der Waals surface area contributed by atoms with Gasteiger partial charge in [0.15, 0.2) is 11.5 Å². The van der Waals surface area contributed by atoms with Crippen LogP contribution in [0.4, 0.5) is 0 Å². The van der Waals surface area contributed by atoms with Crippen LogP contribution in [0.25, 0.3) is 0 Å². The van der Waals surface area contributed by atoms with Gasteiger partial charge in [0, 0.05) is 13.0 Å². The lowest BCUT2D eigenvalue weighted by Gasteiger charge is -2.37. The first-order valence-electron chi connectivity index (χ1n) is 9.42. The first-order valence-corrected chi connectivity index (χ1v) is 9.42. The SMILES string of the molecule is CCC(=O)N1CCc2cc(OC)c(OC)cc2[C@@H]1COc1ccc(OC)cc1. The summed E-state index contributed by atoms with van der Waals surface area (Å²) in [4.78, 5) is 14.5. The second-order valence-electron chi connectivity index (χ2n) is 6.60. The van der Waals surface area contributed by atoms with Crippen LogP contribution in [0.3, 0.4) is 0 Å². The quantitative estimate of drug-likeness (QED) is 0.729. The molecule has 6 nitrogen and oxygen atoms in total. The molecule has 0 N–H and O–H groups in total. The minimum Gasteiger partial charge on any atom is -0.497 e. The van der Waals surface area contributed by atoms with E-state index in [0.29, 0.717) is 31.1 Å². The molecule has 0 aromatic heterocycles. The van der Waals surface area contributed by atoms with E-state index in [0.717, 1.165) is 29.0 Å². The number of amides is 1. The van der Waals surface area contributed by atoms with Crippen molar-refractivity contribution in [3.63, 3.8) is 0 Å². The first-order chi connectivity index (χ1) is 13.6. The molecule has 0 spiro atoms. The summed E-state index contributed by atoms with van der Waals surface area (Å²) in [6.45, 7) is 2.90. The van der Waals surface area contributed by atoms with Crippen LogP contribution in [0.15, 0.2) is 36.4 Å². The van der Waals surface area contributed by atoms with Gasteiger partial charge in [0.25, 0.3) is 0 Å². The molecule has 3 rings (SSSR count). The van der Waals surface area contributed by atoms with E-state index in [4.69, 9.17) is 18.9 Å². The summed E-state index contributed by atoms with van der Waals surface area (Å²) in [5.74, 6) is 2.98. The summed E-state index contributed by atoms with van der Waals surface area (Å²) in [5.41, 5.74) is 2.19. The summed E-state index contributed by atoms with van der Waals surface area (Å²) < 4.78 is 22.1. The molecule has 0 aliphatic carbocycles. The topological polar surface area (TPSA) is 57.2 Å². The number of hydrogen-bond acceptors (Lipinski definition) is 5. The van der Waals surface area contributed by atoms with E-state index in [1.165, 1.54) is 0 Å². The fourth-order valence-corrected chi connectivity index (χ4v) is 3.56. The maximum absolute atomic E-state index is 12.6. The van der Waals surface area contributed by atoms with Crippen LogP contribution in [-0.2, 0) is 11.2 Å². The van der Waals surface area contributed by atoms with Crippen LogP contribution in [0.5, 0.6) is 23.0 Å². The predicted molar refractivity (Wildman–Crippen MR) is 106 cm³/mol. The van der Waals surface area contributed by atoms with Gasteiger partial charge in [-0.15, -0.1) is 0 Å². The number of carbonyl (C=O) groups is 1. The average molecular weight is 385 g/mol. The number of rotatable bonds is 7. The molecule has 1 aliphatic rings. The Morgan fingerprint density at radius 3 is 2.25 bits per heavy atom. The zero-order chi connectivity index (χ0) is 20.1.